The van der Waals surface area contributed by atoms with Crippen LogP contribution in [0.2, 0.25) is 0 Å². The summed E-state index contributed by atoms with van der Waals surface area (Å²) in [5, 5.41) is 10.9. The van der Waals surface area contributed by atoms with Crippen molar-refractivity contribution in [2.45, 2.75) is 30.6 Å². The molecule has 38 heavy (non-hydrogen) atoms. The molecule has 5 rings (SSSR count). The first-order valence-corrected chi connectivity index (χ1v) is 12.2. The van der Waals surface area contributed by atoms with Crippen LogP contribution in [0.1, 0.15) is 46.7 Å². The molecule has 7 heteroatoms. The average Bonchev–Trinajstić information content (AvgIpc) is 3.37. The van der Waals surface area contributed by atoms with Gasteiger partial charge in [0, 0.05) is 12.3 Å². The number of hydrogen-bond acceptors (Lipinski definition) is 3. The Morgan fingerprint density at radius 1 is 0.737 bits per heavy atom. The lowest BCUT2D eigenvalue weighted by Crippen LogP contribution is -2.26. The van der Waals surface area contributed by atoms with Crippen molar-refractivity contribution in [1.82, 2.24) is 5.32 Å². The molecule has 0 fully saturated rings. The Bertz CT molecular complexity index is 1290. The van der Waals surface area contributed by atoms with Gasteiger partial charge in [-0.1, -0.05) is 121 Å². The van der Waals surface area contributed by atoms with E-state index in [9.17, 15) is 13.2 Å². The Hall–Kier alpha value is -4.39. The van der Waals surface area contributed by atoms with Gasteiger partial charge in [-0.3, -0.25) is 4.99 Å². The normalized spacial score (nSPS) is 16.7. The fourth-order valence-corrected chi connectivity index (χ4v) is 4.49. The van der Waals surface area contributed by atoms with Crippen molar-refractivity contribution >= 4 is 11.8 Å². The van der Waals surface area contributed by atoms with E-state index in [1.54, 1.807) is 0 Å². The van der Waals surface area contributed by atoms with Crippen molar-refractivity contribution in [3.8, 4) is 0 Å². The van der Waals surface area contributed by atoms with Gasteiger partial charge in [-0.25, -0.2) is 4.79 Å². The standard InChI is InChI=1S/C29H26N2.C2HF3O2/c1-5-13-22(14-6-1)26(23-15-7-2-8-16-23)21-27-30-28(24-17-9-3-10-18-24)29(31-27)25-19-11-4-12-20-25;3-2(4,5)1(6)7/h1-20,26,28-29H,21H2,(H,30,31);(H,6,7)/t28-,29+;. The summed E-state index contributed by atoms with van der Waals surface area (Å²) in [5.41, 5.74) is 5.15. The molecule has 0 saturated carbocycles. The van der Waals surface area contributed by atoms with E-state index in [2.05, 4.69) is 127 Å². The number of aliphatic imine (C=N–C) groups is 1. The van der Waals surface area contributed by atoms with Crippen LogP contribution in [0.15, 0.2) is 126 Å². The second-order valence-electron chi connectivity index (χ2n) is 8.84. The molecule has 194 valence electrons. The van der Waals surface area contributed by atoms with Gasteiger partial charge >= 0.3 is 12.1 Å². The molecule has 0 saturated heterocycles. The third-order valence-electron chi connectivity index (χ3n) is 6.28. The third-order valence-corrected chi connectivity index (χ3v) is 6.28. The Kier molecular flexibility index (Phi) is 8.58. The van der Waals surface area contributed by atoms with Crippen LogP contribution in [0.25, 0.3) is 0 Å². The number of benzene rings is 4. The first-order chi connectivity index (χ1) is 18.3. The van der Waals surface area contributed by atoms with Crippen molar-refractivity contribution < 1.29 is 23.1 Å². The van der Waals surface area contributed by atoms with Gasteiger partial charge in [0.15, 0.2) is 0 Å². The minimum atomic E-state index is -5.08. The summed E-state index contributed by atoms with van der Waals surface area (Å²) in [6, 6.07) is 43.0. The summed E-state index contributed by atoms with van der Waals surface area (Å²) >= 11 is 0. The highest BCUT2D eigenvalue weighted by molar-refractivity contribution is 5.86. The highest BCUT2D eigenvalue weighted by Gasteiger charge is 2.38. The van der Waals surface area contributed by atoms with Crippen molar-refractivity contribution in [3.05, 3.63) is 144 Å². The number of carboxylic acid groups (broad SMARTS) is 1. The van der Waals surface area contributed by atoms with Crippen molar-refractivity contribution in [1.29, 1.82) is 0 Å². The molecule has 0 unspecified atom stereocenters. The number of carboxylic acids is 1. The number of alkyl halides is 3. The molecule has 4 aromatic carbocycles. The fourth-order valence-electron chi connectivity index (χ4n) is 4.49. The topological polar surface area (TPSA) is 61.7 Å². The number of amidine groups is 1. The lowest BCUT2D eigenvalue weighted by atomic mass is 9.88. The Morgan fingerprint density at radius 2 is 1.13 bits per heavy atom. The van der Waals surface area contributed by atoms with Crippen LogP contribution in [0.4, 0.5) is 13.2 Å². The molecule has 4 aromatic rings. The van der Waals surface area contributed by atoms with Gasteiger partial charge in [0.2, 0.25) is 0 Å². The predicted octanol–water partition coefficient (Wildman–Crippen LogP) is 7.33. The van der Waals surface area contributed by atoms with Gasteiger partial charge in [0.05, 0.1) is 11.9 Å². The summed E-state index contributed by atoms with van der Waals surface area (Å²) in [5.74, 6) is -1.42. The van der Waals surface area contributed by atoms with Gasteiger partial charge in [-0.2, -0.15) is 13.2 Å². The summed E-state index contributed by atoms with van der Waals surface area (Å²) in [4.78, 5) is 14.1. The lowest BCUT2D eigenvalue weighted by Gasteiger charge is -2.21. The monoisotopic (exact) mass is 516 g/mol. The van der Waals surface area contributed by atoms with E-state index < -0.39 is 12.1 Å². The van der Waals surface area contributed by atoms with Crippen LogP contribution >= 0.6 is 0 Å². The molecule has 0 bridgehead atoms. The van der Waals surface area contributed by atoms with Crippen LogP contribution in [-0.2, 0) is 4.79 Å². The summed E-state index contributed by atoms with van der Waals surface area (Å²) in [6.45, 7) is 0. The number of halogens is 3. The van der Waals surface area contributed by atoms with Crippen molar-refractivity contribution in [2.24, 2.45) is 4.99 Å². The Morgan fingerprint density at radius 3 is 1.55 bits per heavy atom. The highest BCUT2D eigenvalue weighted by atomic mass is 19.4. The van der Waals surface area contributed by atoms with Gasteiger partial charge in [-0.05, 0) is 22.3 Å². The van der Waals surface area contributed by atoms with Gasteiger partial charge in [0.25, 0.3) is 0 Å². The molecule has 0 aliphatic carbocycles. The van der Waals surface area contributed by atoms with E-state index in [4.69, 9.17) is 14.9 Å². The zero-order valence-electron chi connectivity index (χ0n) is 20.4. The molecule has 1 heterocycles. The predicted molar refractivity (Wildman–Crippen MR) is 142 cm³/mol. The smallest absolute Gasteiger partial charge is 0.475 e. The molecule has 2 atom stereocenters. The van der Waals surface area contributed by atoms with E-state index in [1.165, 1.54) is 22.3 Å². The fraction of sp³-hybridized carbons (Fsp3) is 0.161. The van der Waals surface area contributed by atoms with Crippen LogP contribution in [-0.4, -0.2) is 23.1 Å². The largest absolute Gasteiger partial charge is 0.490 e. The average molecular weight is 517 g/mol. The van der Waals surface area contributed by atoms with E-state index in [-0.39, 0.29) is 18.0 Å². The number of hydrogen-bond donors (Lipinski definition) is 2. The minimum Gasteiger partial charge on any atom is -0.475 e. The number of rotatable bonds is 6. The van der Waals surface area contributed by atoms with E-state index in [0.717, 1.165) is 12.3 Å². The number of nitrogens with one attached hydrogen (secondary N) is 1. The molecular weight excluding hydrogens is 489 g/mol. The maximum atomic E-state index is 10.6. The second-order valence-corrected chi connectivity index (χ2v) is 8.84. The molecule has 0 amide bonds. The molecule has 1 aliphatic heterocycles. The summed E-state index contributed by atoms with van der Waals surface area (Å²) in [6.07, 6.45) is -4.24. The van der Waals surface area contributed by atoms with Crippen molar-refractivity contribution in [2.75, 3.05) is 0 Å². The molecule has 1 aliphatic rings. The zero-order valence-corrected chi connectivity index (χ0v) is 20.4. The minimum absolute atomic E-state index is 0.0748. The van der Waals surface area contributed by atoms with Gasteiger partial charge < -0.3 is 10.4 Å². The Labute approximate surface area is 219 Å². The number of aliphatic carboxylic acids is 1. The Balaban J connectivity index is 0.000000426. The molecular formula is C31H27F3N2O2. The maximum Gasteiger partial charge on any atom is 0.490 e. The van der Waals surface area contributed by atoms with Crippen LogP contribution in [0.5, 0.6) is 0 Å². The van der Waals surface area contributed by atoms with E-state index in [1.807, 2.05) is 0 Å². The molecule has 0 spiro atoms. The zero-order chi connectivity index (χ0) is 27.0. The quantitative estimate of drug-likeness (QED) is 0.282. The summed E-state index contributed by atoms with van der Waals surface area (Å²) in [7, 11) is 0. The van der Waals surface area contributed by atoms with Crippen LogP contribution < -0.4 is 5.32 Å². The molecule has 0 aromatic heterocycles. The van der Waals surface area contributed by atoms with Crippen LogP contribution in [0.3, 0.4) is 0 Å². The maximum absolute atomic E-state index is 10.6. The summed E-state index contributed by atoms with van der Waals surface area (Å²) < 4.78 is 31.7. The van der Waals surface area contributed by atoms with E-state index >= 15 is 0 Å². The number of carbonyl (C=O) groups is 1. The lowest BCUT2D eigenvalue weighted by molar-refractivity contribution is -0.192. The third kappa shape index (κ3) is 6.88. The first-order valence-electron chi connectivity index (χ1n) is 12.2. The molecule has 2 N–H and O–H groups in total. The highest BCUT2D eigenvalue weighted by Crippen LogP contribution is 2.38. The molecule has 0 radical (unpaired) electrons. The van der Waals surface area contributed by atoms with Crippen molar-refractivity contribution in [3.63, 3.8) is 0 Å². The molecule has 4 nitrogen and oxygen atoms in total. The first kappa shape index (κ1) is 26.7. The van der Waals surface area contributed by atoms with Gasteiger partial charge in [-0.15, -0.1) is 0 Å². The SMILES string of the molecule is O=C(O)C(F)(F)F.c1ccc(C(CC2=N[C@H](c3ccccc3)[C@H](c3ccccc3)N2)c2ccccc2)cc1. The van der Waals surface area contributed by atoms with Crippen LogP contribution in [0, 0.1) is 0 Å². The van der Waals surface area contributed by atoms with E-state index in [0.29, 0.717) is 0 Å². The number of nitrogens with zero attached hydrogens (tertiary/aromatic N) is 1. The van der Waals surface area contributed by atoms with Gasteiger partial charge in [0.1, 0.15) is 6.04 Å². The second kappa shape index (κ2) is 12.2.